The Morgan fingerprint density at radius 2 is 1.84 bits per heavy atom. The van der Waals surface area contributed by atoms with Crippen LogP contribution in [0.15, 0.2) is 24.3 Å². The molecule has 2 amide bonds. The average molecular weight is 463 g/mol. The van der Waals surface area contributed by atoms with E-state index in [4.69, 9.17) is 21.4 Å². The van der Waals surface area contributed by atoms with Gasteiger partial charge in [0.05, 0.1) is 24.7 Å². The number of halogens is 2. The van der Waals surface area contributed by atoms with Crippen molar-refractivity contribution in [2.24, 2.45) is 0 Å². The van der Waals surface area contributed by atoms with Crippen LogP contribution in [0.2, 0.25) is 5.02 Å². The van der Waals surface area contributed by atoms with Crippen molar-refractivity contribution < 1.29 is 43.9 Å². The number of benzene rings is 1. The molecule has 1 heterocycles. The summed E-state index contributed by atoms with van der Waals surface area (Å²) in [7, 11) is 0. The summed E-state index contributed by atoms with van der Waals surface area (Å²) in [5.41, 5.74) is 0.661. The maximum atomic E-state index is 12.6. The summed E-state index contributed by atoms with van der Waals surface area (Å²) in [5, 5.41) is 45.1. The molecule has 1 saturated heterocycles. The zero-order valence-corrected chi connectivity index (χ0v) is 17.0. The molecule has 1 aromatic carbocycles. The molecule has 4 unspecified atom stereocenters. The number of carbonyl (C=O) groups is 3. The summed E-state index contributed by atoms with van der Waals surface area (Å²) in [5.74, 6) is -2.99. The Hall–Kier alpha value is -2.31. The fraction of sp³-hybridized carbons (Fsp3) is 0.526. The van der Waals surface area contributed by atoms with Crippen molar-refractivity contribution in [3.05, 3.63) is 34.9 Å². The number of ether oxygens (including phenoxy) is 1. The van der Waals surface area contributed by atoms with Crippen LogP contribution in [0, 0.1) is 0 Å². The second-order valence-corrected chi connectivity index (χ2v) is 7.56. The molecule has 0 bridgehead atoms. The quantitative estimate of drug-likeness (QED) is 0.265. The van der Waals surface area contributed by atoms with E-state index in [1.807, 2.05) is 0 Å². The lowest BCUT2D eigenvalue weighted by molar-refractivity contribution is -0.193. The Morgan fingerprint density at radius 1 is 1.19 bits per heavy atom. The van der Waals surface area contributed by atoms with Crippen molar-refractivity contribution in [2.45, 2.75) is 49.4 Å². The fourth-order valence-corrected chi connectivity index (χ4v) is 3.30. The topological polar surface area (TPSA) is 165 Å². The van der Waals surface area contributed by atoms with E-state index in [1.54, 1.807) is 24.3 Å². The van der Waals surface area contributed by atoms with Crippen molar-refractivity contribution in [1.82, 2.24) is 10.6 Å². The van der Waals surface area contributed by atoms with Gasteiger partial charge in [0, 0.05) is 18.0 Å². The minimum Gasteiger partial charge on any atom is -0.479 e. The molecule has 12 heteroatoms. The highest BCUT2D eigenvalue weighted by atomic mass is 35.5. The third kappa shape index (κ3) is 7.11. The highest BCUT2D eigenvalue weighted by Gasteiger charge is 2.46. The monoisotopic (exact) mass is 462 g/mol. The van der Waals surface area contributed by atoms with E-state index in [9.17, 15) is 34.1 Å². The minimum atomic E-state index is -1.81. The molecular formula is C19H24ClFN2O8. The molecule has 6 atom stereocenters. The van der Waals surface area contributed by atoms with E-state index in [0.29, 0.717) is 10.6 Å². The second kappa shape index (κ2) is 11.3. The van der Waals surface area contributed by atoms with Crippen LogP contribution in [-0.4, -0.2) is 88.0 Å². The number of aliphatic carboxylic acids is 1. The zero-order chi connectivity index (χ0) is 23.1. The van der Waals surface area contributed by atoms with Crippen LogP contribution in [0.4, 0.5) is 4.39 Å². The van der Waals surface area contributed by atoms with Crippen LogP contribution in [0.25, 0.3) is 0 Å². The highest BCUT2D eigenvalue weighted by molar-refractivity contribution is 6.30. The summed E-state index contributed by atoms with van der Waals surface area (Å²) in [6.45, 7) is -1.83. The third-order valence-electron chi connectivity index (χ3n) is 4.79. The maximum Gasteiger partial charge on any atom is 0.332 e. The van der Waals surface area contributed by atoms with Gasteiger partial charge in [-0.15, -0.1) is 0 Å². The normalized spacial score (nSPS) is 25.3. The Morgan fingerprint density at radius 3 is 2.42 bits per heavy atom. The molecule has 6 N–H and O–H groups in total. The van der Waals surface area contributed by atoms with Crippen molar-refractivity contribution >= 4 is 29.4 Å². The number of hydrogen-bond donors (Lipinski definition) is 6. The molecule has 1 fully saturated rings. The first-order valence-corrected chi connectivity index (χ1v) is 9.79. The lowest BCUT2D eigenvalue weighted by Gasteiger charge is -2.41. The molecule has 2 rings (SSSR count). The first-order valence-electron chi connectivity index (χ1n) is 9.41. The molecule has 0 aliphatic carbocycles. The van der Waals surface area contributed by atoms with Gasteiger partial charge >= 0.3 is 5.97 Å². The molecular weight excluding hydrogens is 439 g/mol. The van der Waals surface area contributed by atoms with Crippen LogP contribution in [-0.2, 0) is 25.5 Å². The van der Waals surface area contributed by atoms with Gasteiger partial charge < -0.3 is 35.8 Å². The molecule has 31 heavy (non-hydrogen) atoms. The van der Waals surface area contributed by atoms with Gasteiger partial charge in [0.2, 0.25) is 5.91 Å². The molecule has 172 valence electrons. The molecule has 10 nitrogen and oxygen atoms in total. The minimum absolute atomic E-state index is 0.0190. The van der Waals surface area contributed by atoms with E-state index in [-0.39, 0.29) is 6.42 Å². The maximum absolute atomic E-state index is 12.6. The van der Waals surface area contributed by atoms with E-state index < -0.39 is 74.0 Å². The molecule has 1 aliphatic heterocycles. The first-order chi connectivity index (χ1) is 14.6. The molecule has 0 saturated carbocycles. The number of amides is 2. The Kier molecular flexibility index (Phi) is 9.14. The molecule has 0 spiro atoms. The van der Waals surface area contributed by atoms with Gasteiger partial charge in [0.25, 0.3) is 5.91 Å². The summed E-state index contributed by atoms with van der Waals surface area (Å²) in [6.07, 6.45) is -8.43. The first kappa shape index (κ1) is 25.0. The van der Waals surface area contributed by atoms with E-state index >= 15 is 0 Å². The van der Waals surface area contributed by atoms with Gasteiger partial charge in [-0.05, 0) is 17.7 Å². The summed E-state index contributed by atoms with van der Waals surface area (Å²) >= 11 is 5.78. The second-order valence-electron chi connectivity index (χ2n) is 7.12. The molecule has 1 aromatic rings. The number of carboxylic acid groups (broad SMARTS) is 1. The van der Waals surface area contributed by atoms with Gasteiger partial charge in [0.1, 0.15) is 12.2 Å². The fourth-order valence-electron chi connectivity index (χ4n) is 3.18. The zero-order valence-electron chi connectivity index (χ0n) is 16.3. The van der Waals surface area contributed by atoms with Gasteiger partial charge in [-0.1, -0.05) is 23.7 Å². The summed E-state index contributed by atoms with van der Waals surface area (Å²) < 4.78 is 17.8. The number of rotatable bonds is 9. The number of nitrogens with one attached hydrogen (secondary N) is 2. The predicted octanol–water partition coefficient (Wildman–Crippen LogP) is -1.22. The van der Waals surface area contributed by atoms with Gasteiger partial charge in [-0.25, -0.2) is 9.18 Å². The Labute approximate surface area is 182 Å². The number of hydrogen-bond acceptors (Lipinski definition) is 7. The van der Waals surface area contributed by atoms with Crippen molar-refractivity contribution in [1.29, 1.82) is 0 Å². The molecule has 0 aromatic heterocycles. The van der Waals surface area contributed by atoms with Crippen molar-refractivity contribution in [3.63, 3.8) is 0 Å². The van der Waals surface area contributed by atoms with Crippen molar-refractivity contribution in [3.8, 4) is 0 Å². The van der Waals surface area contributed by atoms with Crippen molar-refractivity contribution in [2.75, 3.05) is 13.2 Å². The van der Waals surface area contributed by atoms with E-state index in [0.717, 1.165) is 0 Å². The van der Waals surface area contributed by atoms with Crippen LogP contribution in [0.1, 0.15) is 12.0 Å². The predicted molar refractivity (Wildman–Crippen MR) is 105 cm³/mol. The van der Waals surface area contributed by atoms with Crippen LogP contribution < -0.4 is 10.6 Å². The standard InChI is InChI=1S/C19H24ClFN2O8/c20-10-3-1-9(2-4-10)5-14(26)22-8-12(25)17(28)18-16(23-15(27)7-21)11(24)6-13(31-18)19(29)30/h1-4,11-13,16-18,24-25,28H,5-8H2,(H,22,26)(H,23,27)(H,29,30)/t11?,12-,13?,16?,17-,18?/m1/s1. The number of alkyl halides is 1. The van der Waals surface area contributed by atoms with E-state index in [1.165, 1.54) is 0 Å². The summed E-state index contributed by atoms with van der Waals surface area (Å²) in [4.78, 5) is 34.7. The number of aliphatic hydroxyl groups excluding tert-OH is 3. The van der Waals surface area contributed by atoms with Gasteiger partial charge in [0.15, 0.2) is 12.8 Å². The lowest BCUT2D eigenvalue weighted by Crippen LogP contribution is -2.64. The number of carboxylic acids is 1. The largest absolute Gasteiger partial charge is 0.479 e. The van der Waals surface area contributed by atoms with Crippen LogP contribution in [0.5, 0.6) is 0 Å². The van der Waals surface area contributed by atoms with Gasteiger partial charge in [-0.3, -0.25) is 9.59 Å². The van der Waals surface area contributed by atoms with Crippen LogP contribution >= 0.6 is 11.6 Å². The summed E-state index contributed by atoms with van der Waals surface area (Å²) in [6, 6.07) is 5.15. The van der Waals surface area contributed by atoms with Gasteiger partial charge in [-0.2, -0.15) is 0 Å². The van der Waals surface area contributed by atoms with Crippen LogP contribution in [0.3, 0.4) is 0 Å². The van der Waals surface area contributed by atoms with E-state index in [2.05, 4.69) is 10.6 Å². The SMILES string of the molecule is O=C(Cc1ccc(Cl)cc1)NC[C@@H](O)[C@@H](O)C1OC(C(=O)O)CC(O)C1NC(=O)CF. The average Bonchev–Trinajstić information content (AvgIpc) is 2.74. The molecule has 1 aliphatic rings. The lowest BCUT2D eigenvalue weighted by atomic mass is 9.90. The Bertz CT molecular complexity index is 781. The molecule has 0 radical (unpaired) electrons. The third-order valence-corrected chi connectivity index (χ3v) is 5.04. The number of aliphatic hydroxyl groups is 3. The highest BCUT2D eigenvalue weighted by Crippen LogP contribution is 2.24. The number of carbonyl (C=O) groups excluding carboxylic acids is 2. The Balaban J connectivity index is 2.00. The smallest absolute Gasteiger partial charge is 0.332 e.